The molecule has 0 fully saturated rings. The van der Waals surface area contributed by atoms with Gasteiger partial charge in [0.25, 0.3) is 5.91 Å². The van der Waals surface area contributed by atoms with Crippen LogP contribution in [0.5, 0.6) is 0 Å². The van der Waals surface area contributed by atoms with Crippen LogP contribution in [0.15, 0.2) is 72.8 Å². The number of amides is 1. The number of nitrogens with one attached hydrogen (secondary N) is 3. The van der Waals surface area contributed by atoms with E-state index in [0.717, 1.165) is 34.4 Å². The van der Waals surface area contributed by atoms with Gasteiger partial charge in [0.15, 0.2) is 0 Å². The monoisotopic (exact) mass is 397 g/mol. The molecule has 3 N–H and O–H groups in total. The molecule has 0 radical (unpaired) electrons. The fourth-order valence-corrected chi connectivity index (χ4v) is 3.28. The molecule has 0 aliphatic rings. The van der Waals surface area contributed by atoms with Gasteiger partial charge in [-0.3, -0.25) is 4.79 Å². The summed E-state index contributed by atoms with van der Waals surface area (Å²) < 4.78 is 0. The van der Waals surface area contributed by atoms with Gasteiger partial charge >= 0.3 is 0 Å². The highest BCUT2D eigenvalue weighted by molar-refractivity contribution is 6.12. The summed E-state index contributed by atoms with van der Waals surface area (Å²) in [6.07, 6.45) is 0. The molecular formula is C24H23N5O. The van der Waals surface area contributed by atoms with Crippen molar-refractivity contribution in [3.8, 4) is 0 Å². The van der Waals surface area contributed by atoms with Gasteiger partial charge in [-0.1, -0.05) is 36.4 Å². The van der Waals surface area contributed by atoms with Gasteiger partial charge < -0.3 is 16.0 Å². The average Bonchev–Trinajstić information content (AvgIpc) is 2.74. The van der Waals surface area contributed by atoms with Crippen molar-refractivity contribution in [2.45, 2.75) is 13.8 Å². The summed E-state index contributed by atoms with van der Waals surface area (Å²) in [6, 6.07) is 23.0. The summed E-state index contributed by atoms with van der Waals surface area (Å²) in [6.45, 7) is 4.69. The zero-order valence-corrected chi connectivity index (χ0v) is 16.9. The number of carbonyl (C=O) groups is 1. The lowest BCUT2D eigenvalue weighted by Crippen LogP contribution is -2.12. The summed E-state index contributed by atoms with van der Waals surface area (Å²) in [4.78, 5) is 21.6. The first-order valence-corrected chi connectivity index (χ1v) is 9.88. The van der Waals surface area contributed by atoms with Gasteiger partial charge in [0.1, 0.15) is 5.82 Å². The van der Waals surface area contributed by atoms with Gasteiger partial charge in [-0.25, -0.2) is 4.98 Å². The number of anilines is 4. The maximum atomic E-state index is 12.8. The smallest absolute Gasteiger partial charge is 0.256 e. The molecule has 4 aromatic rings. The van der Waals surface area contributed by atoms with Gasteiger partial charge in [0.2, 0.25) is 5.95 Å². The average molecular weight is 397 g/mol. The summed E-state index contributed by atoms with van der Waals surface area (Å²) in [7, 11) is 0. The van der Waals surface area contributed by atoms with E-state index >= 15 is 0 Å². The molecule has 0 atom stereocenters. The van der Waals surface area contributed by atoms with Gasteiger partial charge in [-0.05, 0) is 55.0 Å². The van der Waals surface area contributed by atoms with Crippen LogP contribution in [0, 0.1) is 6.92 Å². The predicted octanol–water partition coefficient (Wildman–Crippen LogP) is 5.37. The van der Waals surface area contributed by atoms with E-state index in [1.54, 1.807) is 0 Å². The van der Waals surface area contributed by atoms with E-state index in [0.29, 0.717) is 17.3 Å². The second-order valence-corrected chi connectivity index (χ2v) is 6.93. The Bertz CT molecular complexity index is 1180. The summed E-state index contributed by atoms with van der Waals surface area (Å²) in [5, 5.41) is 11.4. The third-order valence-corrected chi connectivity index (χ3v) is 4.64. The molecule has 6 heteroatoms. The highest BCUT2D eigenvalue weighted by Gasteiger charge is 2.10. The Morgan fingerprint density at radius 2 is 1.63 bits per heavy atom. The maximum Gasteiger partial charge on any atom is 0.256 e. The van der Waals surface area contributed by atoms with Crippen molar-refractivity contribution in [2.24, 2.45) is 0 Å². The topological polar surface area (TPSA) is 78.9 Å². The lowest BCUT2D eigenvalue weighted by Gasteiger charge is -2.11. The molecule has 4 rings (SSSR count). The Hall–Kier alpha value is -3.93. The quantitative estimate of drug-likeness (QED) is 0.408. The first-order valence-electron chi connectivity index (χ1n) is 9.88. The van der Waals surface area contributed by atoms with Crippen molar-refractivity contribution in [2.75, 3.05) is 22.5 Å². The number of benzene rings is 3. The fraction of sp³-hybridized carbons (Fsp3) is 0.125. The molecule has 30 heavy (non-hydrogen) atoms. The molecule has 1 aromatic heterocycles. The highest BCUT2D eigenvalue weighted by atomic mass is 16.1. The molecule has 1 heterocycles. The Balaban J connectivity index is 1.48. The van der Waals surface area contributed by atoms with Crippen molar-refractivity contribution in [1.82, 2.24) is 9.97 Å². The van der Waals surface area contributed by atoms with Crippen LogP contribution in [0.2, 0.25) is 0 Å². The molecule has 150 valence electrons. The summed E-state index contributed by atoms with van der Waals surface area (Å²) in [5.74, 6) is 1.18. The number of nitrogens with zero attached hydrogens (tertiary/aromatic N) is 2. The molecule has 0 unspecified atom stereocenters. The minimum atomic E-state index is -0.130. The zero-order chi connectivity index (χ0) is 20.9. The van der Waals surface area contributed by atoms with Crippen molar-refractivity contribution < 1.29 is 4.79 Å². The number of rotatable bonds is 6. The molecule has 0 saturated heterocycles. The van der Waals surface area contributed by atoms with Crippen LogP contribution in [0.4, 0.5) is 23.1 Å². The lowest BCUT2D eigenvalue weighted by atomic mass is 10.0. The third-order valence-electron chi connectivity index (χ3n) is 4.64. The standard InChI is InChI=1S/C24H23N5O/c1-3-25-24-26-16(2)15-22(29-24)27-18-11-13-19(14-12-18)28-23(30)21-10-6-8-17-7-4-5-9-20(17)21/h4-15H,3H2,1-2H3,(H,28,30)(H2,25,26,27,29). The first-order chi connectivity index (χ1) is 14.6. The minimum absolute atomic E-state index is 0.130. The number of aryl methyl sites for hydroxylation is 1. The second-order valence-electron chi connectivity index (χ2n) is 6.93. The Morgan fingerprint density at radius 1 is 0.900 bits per heavy atom. The molecule has 0 saturated carbocycles. The number of aromatic nitrogens is 2. The maximum absolute atomic E-state index is 12.8. The van der Waals surface area contributed by atoms with E-state index in [-0.39, 0.29) is 5.91 Å². The molecule has 0 aliphatic heterocycles. The van der Waals surface area contributed by atoms with Gasteiger partial charge in [-0.2, -0.15) is 4.98 Å². The van der Waals surface area contributed by atoms with Gasteiger partial charge in [0.05, 0.1) is 0 Å². The van der Waals surface area contributed by atoms with Crippen LogP contribution in [0.25, 0.3) is 10.8 Å². The number of hydrogen-bond acceptors (Lipinski definition) is 5. The molecule has 0 bridgehead atoms. The van der Waals surface area contributed by atoms with E-state index in [9.17, 15) is 4.79 Å². The number of carbonyl (C=O) groups excluding carboxylic acids is 1. The SMILES string of the molecule is CCNc1nc(C)cc(Nc2ccc(NC(=O)c3cccc4ccccc34)cc2)n1. The van der Waals surface area contributed by atoms with Crippen LogP contribution < -0.4 is 16.0 Å². The van der Waals surface area contributed by atoms with Crippen molar-refractivity contribution >= 4 is 39.8 Å². The van der Waals surface area contributed by atoms with Crippen molar-refractivity contribution in [3.63, 3.8) is 0 Å². The molecule has 0 spiro atoms. The van der Waals surface area contributed by atoms with Crippen LogP contribution in [0.3, 0.4) is 0 Å². The Labute approximate surface area is 175 Å². The lowest BCUT2D eigenvalue weighted by molar-refractivity contribution is 0.102. The van der Waals surface area contributed by atoms with E-state index in [2.05, 4.69) is 25.9 Å². The Morgan fingerprint density at radius 3 is 2.43 bits per heavy atom. The summed E-state index contributed by atoms with van der Waals surface area (Å²) in [5.41, 5.74) is 3.13. The minimum Gasteiger partial charge on any atom is -0.354 e. The van der Waals surface area contributed by atoms with Gasteiger partial charge in [0, 0.05) is 35.2 Å². The van der Waals surface area contributed by atoms with Crippen molar-refractivity contribution in [3.05, 3.63) is 84.1 Å². The summed E-state index contributed by atoms with van der Waals surface area (Å²) >= 11 is 0. The van der Waals surface area contributed by atoms with Gasteiger partial charge in [-0.15, -0.1) is 0 Å². The van der Waals surface area contributed by atoms with E-state index in [1.165, 1.54) is 0 Å². The fourth-order valence-electron chi connectivity index (χ4n) is 3.28. The first kappa shape index (κ1) is 19.4. The zero-order valence-electron chi connectivity index (χ0n) is 16.9. The van der Waals surface area contributed by atoms with E-state index in [1.807, 2.05) is 86.6 Å². The molecular weight excluding hydrogens is 374 g/mol. The predicted molar refractivity (Wildman–Crippen MR) is 123 cm³/mol. The Kier molecular flexibility index (Phi) is 5.57. The molecule has 6 nitrogen and oxygen atoms in total. The van der Waals surface area contributed by atoms with E-state index < -0.39 is 0 Å². The largest absolute Gasteiger partial charge is 0.354 e. The van der Waals surface area contributed by atoms with Crippen LogP contribution in [-0.2, 0) is 0 Å². The number of hydrogen-bond donors (Lipinski definition) is 3. The number of fused-ring (bicyclic) bond motifs is 1. The molecule has 1 amide bonds. The molecule has 3 aromatic carbocycles. The third kappa shape index (κ3) is 4.38. The van der Waals surface area contributed by atoms with Crippen LogP contribution in [0.1, 0.15) is 23.0 Å². The van der Waals surface area contributed by atoms with Crippen LogP contribution in [-0.4, -0.2) is 22.4 Å². The van der Waals surface area contributed by atoms with Crippen LogP contribution >= 0.6 is 0 Å². The van der Waals surface area contributed by atoms with E-state index in [4.69, 9.17) is 0 Å². The second kappa shape index (κ2) is 8.61. The highest BCUT2D eigenvalue weighted by Crippen LogP contribution is 2.22. The molecule has 0 aliphatic carbocycles. The normalized spacial score (nSPS) is 10.6. The van der Waals surface area contributed by atoms with Crippen molar-refractivity contribution in [1.29, 1.82) is 0 Å².